The Morgan fingerprint density at radius 1 is 1.05 bits per heavy atom. The van der Waals surface area contributed by atoms with E-state index in [2.05, 4.69) is 27.9 Å². The Balaban J connectivity index is 2.27. The number of benzene rings is 2. The maximum Gasteiger partial charge on any atom is 0.259 e. The SMILES string of the molecule is O=C(Nc1ccc(O)cc1)c1cc(I)cc(I)c1O. The molecule has 0 unspecified atom stereocenters. The van der Waals surface area contributed by atoms with Gasteiger partial charge in [-0.2, -0.15) is 0 Å². The lowest BCUT2D eigenvalue weighted by molar-refractivity contribution is 0.102. The zero-order valence-electron chi connectivity index (χ0n) is 9.52. The van der Waals surface area contributed by atoms with Crippen LogP contribution in [0.3, 0.4) is 0 Å². The highest BCUT2D eigenvalue weighted by atomic mass is 127. The molecule has 0 atom stereocenters. The quantitative estimate of drug-likeness (QED) is 0.454. The minimum atomic E-state index is -0.389. The van der Waals surface area contributed by atoms with E-state index in [1.165, 1.54) is 12.1 Å². The summed E-state index contributed by atoms with van der Waals surface area (Å²) in [6, 6.07) is 9.54. The average Bonchev–Trinajstić information content (AvgIpc) is 2.36. The molecule has 0 aliphatic heterocycles. The first kappa shape index (κ1) is 14.4. The standard InChI is InChI=1S/C13H9I2NO3/c14-7-5-10(12(18)11(15)6-7)13(19)16-8-1-3-9(17)4-2-8/h1-6,17-18H,(H,16,19). The number of hydrogen-bond donors (Lipinski definition) is 3. The van der Waals surface area contributed by atoms with E-state index in [0.717, 1.165) is 3.57 Å². The third-order valence-corrected chi connectivity index (χ3v) is 3.84. The van der Waals surface area contributed by atoms with Crippen LogP contribution in [-0.4, -0.2) is 16.1 Å². The fourth-order valence-electron chi connectivity index (χ4n) is 1.48. The van der Waals surface area contributed by atoms with E-state index in [1.54, 1.807) is 24.3 Å². The minimum absolute atomic E-state index is 0.0303. The summed E-state index contributed by atoms with van der Waals surface area (Å²) < 4.78 is 1.50. The molecule has 0 radical (unpaired) electrons. The molecule has 0 saturated heterocycles. The van der Waals surface area contributed by atoms with Gasteiger partial charge < -0.3 is 15.5 Å². The molecule has 0 heterocycles. The molecule has 98 valence electrons. The van der Waals surface area contributed by atoms with E-state index in [9.17, 15) is 15.0 Å². The van der Waals surface area contributed by atoms with Crippen molar-refractivity contribution in [2.45, 2.75) is 0 Å². The van der Waals surface area contributed by atoms with Crippen molar-refractivity contribution < 1.29 is 15.0 Å². The van der Waals surface area contributed by atoms with Crippen LogP contribution in [0.2, 0.25) is 0 Å². The maximum absolute atomic E-state index is 12.1. The summed E-state index contributed by atoms with van der Waals surface area (Å²) in [6.45, 7) is 0. The van der Waals surface area contributed by atoms with Crippen molar-refractivity contribution >= 4 is 56.8 Å². The number of phenolic OH excluding ortho intramolecular Hbond substituents is 2. The smallest absolute Gasteiger partial charge is 0.259 e. The predicted octanol–water partition coefficient (Wildman–Crippen LogP) is 3.56. The van der Waals surface area contributed by atoms with Gasteiger partial charge >= 0.3 is 0 Å². The van der Waals surface area contributed by atoms with Gasteiger partial charge in [-0.15, -0.1) is 0 Å². The first-order valence-electron chi connectivity index (χ1n) is 5.26. The average molecular weight is 481 g/mol. The van der Waals surface area contributed by atoms with Gasteiger partial charge in [-0.3, -0.25) is 4.79 Å². The van der Waals surface area contributed by atoms with Gasteiger partial charge in [0, 0.05) is 9.26 Å². The zero-order valence-corrected chi connectivity index (χ0v) is 13.8. The third kappa shape index (κ3) is 3.50. The molecule has 0 aromatic heterocycles. The fraction of sp³-hybridized carbons (Fsp3) is 0. The molecule has 0 spiro atoms. The van der Waals surface area contributed by atoms with Crippen LogP contribution in [0.4, 0.5) is 5.69 Å². The van der Waals surface area contributed by atoms with E-state index < -0.39 is 0 Å². The lowest BCUT2D eigenvalue weighted by Gasteiger charge is -2.09. The van der Waals surface area contributed by atoms with Crippen LogP contribution < -0.4 is 5.32 Å². The van der Waals surface area contributed by atoms with Gasteiger partial charge in [-0.1, -0.05) is 0 Å². The normalized spacial score (nSPS) is 10.2. The second kappa shape index (κ2) is 5.95. The number of nitrogens with one attached hydrogen (secondary N) is 1. The van der Waals surface area contributed by atoms with E-state index >= 15 is 0 Å². The molecule has 1 amide bonds. The van der Waals surface area contributed by atoms with Gasteiger partial charge in [0.25, 0.3) is 5.91 Å². The molecule has 2 aromatic carbocycles. The molecule has 3 N–H and O–H groups in total. The van der Waals surface area contributed by atoms with Crippen LogP contribution in [0.5, 0.6) is 11.5 Å². The molecule has 0 fully saturated rings. The van der Waals surface area contributed by atoms with Crippen molar-refractivity contribution in [2.24, 2.45) is 0 Å². The van der Waals surface area contributed by atoms with Crippen LogP contribution in [0, 0.1) is 7.14 Å². The lowest BCUT2D eigenvalue weighted by atomic mass is 10.2. The Bertz CT molecular complexity index is 627. The van der Waals surface area contributed by atoms with E-state index in [0.29, 0.717) is 9.26 Å². The molecule has 6 heteroatoms. The number of carbonyl (C=O) groups is 1. The van der Waals surface area contributed by atoms with Crippen LogP contribution in [0.25, 0.3) is 0 Å². The third-order valence-electron chi connectivity index (χ3n) is 2.40. The highest BCUT2D eigenvalue weighted by Gasteiger charge is 2.15. The van der Waals surface area contributed by atoms with Gasteiger partial charge in [0.1, 0.15) is 11.5 Å². The molecular weight excluding hydrogens is 472 g/mol. The molecular formula is C13H9I2NO3. The number of amides is 1. The summed E-state index contributed by atoms with van der Waals surface area (Å²) in [5.74, 6) is -0.290. The number of halogens is 2. The molecule has 4 nitrogen and oxygen atoms in total. The summed E-state index contributed by atoms with van der Waals surface area (Å²) >= 11 is 4.06. The molecule has 0 bridgehead atoms. The number of aromatic hydroxyl groups is 2. The van der Waals surface area contributed by atoms with Gasteiger partial charge in [0.15, 0.2) is 0 Å². The molecule has 0 aliphatic rings. The number of rotatable bonds is 2. The fourth-order valence-corrected chi connectivity index (χ4v) is 3.33. The van der Waals surface area contributed by atoms with E-state index in [1.807, 2.05) is 22.6 Å². The van der Waals surface area contributed by atoms with Gasteiger partial charge in [0.2, 0.25) is 0 Å². The monoisotopic (exact) mass is 481 g/mol. The number of phenols is 2. The van der Waals surface area contributed by atoms with Gasteiger partial charge in [-0.25, -0.2) is 0 Å². The molecule has 0 aliphatic carbocycles. The largest absolute Gasteiger partial charge is 0.508 e. The van der Waals surface area contributed by atoms with Crippen LogP contribution in [-0.2, 0) is 0 Å². The van der Waals surface area contributed by atoms with Crippen molar-refractivity contribution in [3.63, 3.8) is 0 Å². The van der Waals surface area contributed by atoms with E-state index in [-0.39, 0.29) is 23.0 Å². The summed E-state index contributed by atoms with van der Waals surface area (Å²) in [6.07, 6.45) is 0. The Kier molecular flexibility index (Phi) is 4.50. The Hall–Kier alpha value is -1.03. The summed E-state index contributed by atoms with van der Waals surface area (Å²) in [4.78, 5) is 12.1. The van der Waals surface area contributed by atoms with Gasteiger partial charge in [-0.05, 0) is 81.6 Å². The molecule has 2 aromatic rings. The lowest BCUT2D eigenvalue weighted by Crippen LogP contribution is -2.12. The van der Waals surface area contributed by atoms with Crippen molar-refractivity contribution in [1.82, 2.24) is 0 Å². The number of hydrogen-bond acceptors (Lipinski definition) is 3. The highest BCUT2D eigenvalue weighted by Crippen LogP contribution is 2.27. The van der Waals surface area contributed by atoms with Crippen molar-refractivity contribution in [1.29, 1.82) is 0 Å². The summed E-state index contributed by atoms with van der Waals surface area (Å²) in [5, 5.41) is 21.7. The molecule has 19 heavy (non-hydrogen) atoms. The predicted molar refractivity (Wildman–Crippen MR) is 89.6 cm³/mol. The minimum Gasteiger partial charge on any atom is -0.508 e. The van der Waals surface area contributed by atoms with Crippen LogP contribution in [0.15, 0.2) is 36.4 Å². The van der Waals surface area contributed by atoms with Crippen molar-refractivity contribution in [2.75, 3.05) is 5.32 Å². The van der Waals surface area contributed by atoms with Crippen molar-refractivity contribution in [3.05, 3.63) is 49.1 Å². The first-order valence-corrected chi connectivity index (χ1v) is 7.41. The molecule has 2 rings (SSSR count). The Morgan fingerprint density at radius 3 is 2.32 bits per heavy atom. The Morgan fingerprint density at radius 2 is 1.68 bits per heavy atom. The first-order chi connectivity index (χ1) is 8.97. The summed E-state index contributed by atoms with van der Waals surface area (Å²) in [7, 11) is 0. The van der Waals surface area contributed by atoms with E-state index in [4.69, 9.17) is 0 Å². The second-order valence-electron chi connectivity index (χ2n) is 3.78. The number of anilines is 1. The topological polar surface area (TPSA) is 69.6 Å². The maximum atomic E-state index is 12.1. The molecule has 0 saturated carbocycles. The van der Waals surface area contributed by atoms with Crippen molar-refractivity contribution in [3.8, 4) is 11.5 Å². The second-order valence-corrected chi connectivity index (χ2v) is 6.19. The Labute approximate surface area is 137 Å². The zero-order chi connectivity index (χ0) is 14.0. The van der Waals surface area contributed by atoms with Crippen LogP contribution in [0.1, 0.15) is 10.4 Å². The van der Waals surface area contributed by atoms with Crippen LogP contribution >= 0.6 is 45.2 Å². The highest BCUT2D eigenvalue weighted by molar-refractivity contribution is 14.1. The summed E-state index contributed by atoms with van der Waals surface area (Å²) in [5.41, 5.74) is 0.778. The number of carbonyl (C=O) groups excluding carboxylic acids is 1. The van der Waals surface area contributed by atoms with Gasteiger partial charge in [0.05, 0.1) is 9.13 Å².